The summed E-state index contributed by atoms with van der Waals surface area (Å²) in [4.78, 5) is 24.9. The molecule has 5 nitrogen and oxygen atoms in total. The Kier molecular flexibility index (Phi) is 10.2. The maximum Gasteiger partial charge on any atom is 0.338 e. The molecule has 1 aliphatic carbocycles. The highest BCUT2D eigenvalue weighted by Gasteiger charge is 2.46. The average Bonchev–Trinajstić information content (AvgIpc) is 3.07. The number of halogens is 1. The Bertz CT molecular complexity index is 1050. The summed E-state index contributed by atoms with van der Waals surface area (Å²) in [5, 5.41) is 0. The molecule has 5 atom stereocenters. The van der Waals surface area contributed by atoms with Gasteiger partial charge in [0, 0.05) is 25.4 Å². The van der Waals surface area contributed by atoms with E-state index in [2.05, 4.69) is 40.8 Å². The molecule has 1 heterocycles. The van der Waals surface area contributed by atoms with E-state index in [1.54, 1.807) is 0 Å². The van der Waals surface area contributed by atoms with Gasteiger partial charge in [-0.1, -0.05) is 71.1 Å². The molecule has 2 fully saturated rings. The number of rotatable bonds is 9. The zero-order chi connectivity index (χ0) is 26.2. The molecule has 6 heteroatoms. The van der Waals surface area contributed by atoms with Gasteiger partial charge in [0.1, 0.15) is 6.10 Å². The van der Waals surface area contributed by atoms with Crippen LogP contribution in [-0.4, -0.2) is 36.9 Å². The Balaban J connectivity index is 1.32. The van der Waals surface area contributed by atoms with Gasteiger partial charge in [-0.05, 0) is 78.7 Å². The number of carbonyl (C=O) groups is 2. The van der Waals surface area contributed by atoms with Crippen molar-refractivity contribution in [3.05, 3.63) is 70.3 Å². The van der Waals surface area contributed by atoms with Crippen LogP contribution in [0.3, 0.4) is 0 Å². The normalized spacial score (nSPS) is 25.6. The topological polar surface area (TPSA) is 61.8 Å². The van der Waals surface area contributed by atoms with Crippen molar-refractivity contribution in [1.82, 2.24) is 0 Å². The van der Waals surface area contributed by atoms with Crippen LogP contribution in [0, 0.1) is 17.8 Å². The molecule has 0 radical (unpaired) electrons. The van der Waals surface area contributed by atoms with Gasteiger partial charge in [-0.25, -0.2) is 4.79 Å². The van der Waals surface area contributed by atoms with E-state index in [0.29, 0.717) is 30.4 Å². The molecule has 0 unspecified atom stereocenters. The number of hydrogen-bond donors (Lipinski definition) is 0. The van der Waals surface area contributed by atoms with Crippen LogP contribution in [-0.2, 0) is 19.0 Å². The highest BCUT2D eigenvalue weighted by Crippen LogP contribution is 2.43. The van der Waals surface area contributed by atoms with Crippen LogP contribution in [0.25, 0.3) is 11.1 Å². The van der Waals surface area contributed by atoms with Crippen molar-refractivity contribution in [2.75, 3.05) is 6.61 Å². The number of carbonyl (C=O) groups excluding carboxylic acids is 2. The Morgan fingerprint density at radius 3 is 2.49 bits per heavy atom. The SMILES string of the molecule is CC(C)OC(=O)CCC[C@H]1CC[C@@H]2[C@@H](/C=C/I)[C@H](OC(=O)c3ccc(-c4ccccc4)cc3)C[C@@H]2OC1. The molecule has 0 aromatic heterocycles. The fourth-order valence-corrected chi connectivity index (χ4v) is 6.10. The molecule has 1 saturated heterocycles. The molecule has 0 spiro atoms. The van der Waals surface area contributed by atoms with Gasteiger partial charge in [-0.3, -0.25) is 4.79 Å². The maximum absolute atomic E-state index is 13.0. The lowest BCUT2D eigenvalue weighted by Crippen LogP contribution is -2.24. The van der Waals surface area contributed by atoms with Crippen LogP contribution < -0.4 is 0 Å². The number of esters is 2. The molecule has 1 aliphatic heterocycles. The number of ether oxygens (including phenoxy) is 3. The lowest BCUT2D eigenvalue weighted by atomic mass is 9.86. The summed E-state index contributed by atoms with van der Waals surface area (Å²) in [6, 6.07) is 17.8. The minimum absolute atomic E-state index is 0.0633. The van der Waals surface area contributed by atoms with E-state index in [1.165, 1.54) is 0 Å². The zero-order valence-electron chi connectivity index (χ0n) is 21.7. The molecule has 198 valence electrons. The zero-order valence-corrected chi connectivity index (χ0v) is 23.8. The van der Waals surface area contributed by atoms with Gasteiger partial charge in [-0.15, -0.1) is 0 Å². The lowest BCUT2D eigenvalue weighted by molar-refractivity contribution is -0.147. The second-order valence-electron chi connectivity index (χ2n) is 10.4. The highest BCUT2D eigenvalue weighted by atomic mass is 127. The van der Waals surface area contributed by atoms with Crippen LogP contribution in [0.15, 0.2) is 64.8 Å². The first-order chi connectivity index (χ1) is 17.9. The second-order valence-corrected chi connectivity index (χ2v) is 11.1. The van der Waals surface area contributed by atoms with Crippen LogP contribution in [0.2, 0.25) is 0 Å². The molecule has 2 aromatic rings. The third-order valence-electron chi connectivity index (χ3n) is 7.46. The van der Waals surface area contributed by atoms with Crippen molar-refractivity contribution < 1.29 is 23.8 Å². The van der Waals surface area contributed by atoms with Crippen molar-refractivity contribution >= 4 is 34.5 Å². The molecule has 2 aliphatic rings. The molecule has 37 heavy (non-hydrogen) atoms. The van der Waals surface area contributed by atoms with Crippen LogP contribution in [0.1, 0.15) is 62.7 Å². The Morgan fingerprint density at radius 1 is 1.05 bits per heavy atom. The first-order valence-corrected chi connectivity index (χ1v) is 14.6. The first kappa shape index (κ1) is 27.8. The van der Waals surface area contributed by atoms with Crippen molar-refractivity contribution in [2.45, 2.75) is 70.7 Å². The van der Waals surface area contributed by atoms with Gasteiger partial charge < -0.3 is 14.2 Å². The summed E-state index contributed by atoms with van der Waals surface area (Å²) in [7, 11) is 0. The third-order valence-corrected chi connectivity index (χ3v) is 7.88. The summed E-state index contributed by atoms with van der Waals surface area (Å²) in [6.07, 6.45) is 7.09. The van der Waals surface area contributed by atoms with Crippen LogP contribution in [0.4, 0.5) is 0 Å². The number of fused-ring (bicyclic) bond motifs is 1. The largest absolute Gasteiger partial charge is 0.463 e. The summed E-state index contributed by atoms with van der Waals surface area (Å²) in [5.74, 6) is 0.535. The minimum Gasteiger partial charge on any atom is -0.463 e. The highest BCUT2D eigenvalue weighted by molar-refractivity contribution is 14.1. The van der Waals surface area contributed by atoms with E-state index in [4.69, 9.17) is 14.2 Å². The summed E-state index contributed by atoms with van der Waals surface area (Å²) in [6.45, 7) is 4.45. The average molecular weight is 617 g/mol. The predicted octanol–water partition coefficient (Wildman–Crippen LogP) is 7.38. The molecular weight excluding hydrogens is 579 g/mol. The van der Waals surface area contributed by atoms with E-state index in [1.807, 2.05) is 60.4 Å². The first-order valence-electron chi connectivity index (χ1n) is 13.4. The fraction of sp³-hybridized carbons (Fsp3) is 0.484. The number of benzene rings is 2. The molecular formula is C31H37IO5. The van der Waals surface area contributed by atoms with Gasteiger partial charge >= 0.3 is 11.9 Å². The Labute approximate surface area is 234 Å². The van der Waals surface area contributed by atoms with Crippen LogP contribution >= 0.6 is 22.6 Å². The Morgan fingerprint density at radius 2 is 1.78 bits per heavy atom. The third kappa shape index (κ3) is 7.66. The van der Waals surface area contributed by atoms with Gasteiger partial charge in [0.05, 0.1) is 17.8 Å². The molecule has 1 saturated carbocycles. The Hall–Kier alpha value is -2.19. The van der Waals surface area contributed by atoms with E-state index < -0.39 is 0 Å². The van der Waals surface area contributed by atoms with E-state index in [9.17, 15) is 9.59 Å². The smallest absolute Gasteiger partial charge is 0.338 e. The van der Waals surface area contributed by atoms with Crippen molar-refractivity contribution in [3.63, 3.8) is 0 Å². The number of hydrogen-bond acceptors (Lipinski definition) is 5. The standard InChI is InChI=1S/C31H37IO5/c1-21(2)36-30(33)10-6-7-22-11-16-26-27(17-18-32)29(19-28(26)35-20-22)37-31(34)25-14-12-24(13-15-25)23-8-4-3-5-9-23/h3-5,8-9,12-15,17-18,21-22,26-29H,6-7,10-11,16,19-20H2,1-2H3/b18-17+/t22-,26+,27+,28-,29+/m0/s1. The van der Waals surface area contributed by atoms with Crippen molar-refractivity contribution in [1.29, 1.82) is 0 Å². The predicted molar refractivity (Wildman–Crippen MR) is 153 cm³/mol. The van der Waals surface area contributed by atoms with E-state index >= 15 is 0 Å². The monoisotopic (exact) mass is 616 g/mol. The van der Waals surface area contributed by atoms with Gasteiger partial charge in [0.2, 0.25) is 0 Å². The fourth-order valence-electron chi connectivity index (χ4n) is 5.62. The van der Waals surface area contributed by atoms with E-state index in [-0.39, 0.29) is 36.2 Å². The molecule has 0 bridgehead atoms. The maximum atomic E-state index is 13.0. The van der Waals surface area contributed by atoms with E-state index in [0.717, 1.165) is 43.2 Å². The minimum atomic E-state index is -0.279. The van der Waals surface area contributed by atoms with Gasteiger partial charge in [0.15, 0.2) is 0 Å². The quantitative estimate of drug-likeness (QED) is 0.217. The summed E-state index contributed by atoms with van der Waals surface area (Å²) < 4.78 is 19.7. The summed E-state index contributed by atoms with van der Waals surface area (Å²) in [5.41, 5.74) is 2.77. The molecule has 2 aromatic carbocycles. The molecule has 0 amide bonds. The second kappa shape index (κ2) is 13.6. The molecule has 4 rings (SSSR count). The van der Waals surface area contributed by atoms with Crippen molar-refractivity contribution in [2.24, 2.45) is 17.8 Å². The summed E-state index contributed by atoms with van der Waals surface area (Å²) >= 11 is 2.25. The lowest BCUT2D eigenvalue weighted by Gasteiger charge is -2.22. The van der Waals surface area contributed by atoms with Gasteiger partial charge in [-0.2, -0.15) is 0 Å². The van der Waals surface area contributed by atoms with Crippen molar-refractivity contribution in [3.8, 4) is 11.1 Å². The van der Waals surface area contributed by atoms with Crippen LogP contribution in [0.5, 0.6) is 0 Å². The van der Waals surface area contributed by atoms with Gasteiger partial charge in [0.25, 0.3) is 0 Å². The molecule has 0 N–H and O–H groups in total.